The first-order valence-corrected chi connectivity index (χ1v) is 10.8. The molecule has 0 N–H and O–H groups in total. The Labute approximate surface area is 178 Å². The number of aryl methyl sites for hydroxylation is 1. The van der Waals surface area contributed by atoms with Gasteiger partial charge < -0.3 is 0 Å². The molecule has 29 heavy (non-hydrogen) atoms. The number of carbonyl (C=O) groups excluding carboxylic acids is 1. The Bertz CT molecular complexity index is 909. The van der Waals surface area contributed by atoms with E-state index >= 15 is 0 Å². The average Bonchev–Trinajstić information content (AvgIpc) is 3.16. The van der Waals surface area contributed by atoms with Crippen LogP contribution in [0.25, 0.3) is 0 Å². The molecule has 0 radical (unpaired) electrons. The zero-order valence-corrected chi connectivity index (χ0v) is 17.9. The van der Waals surface area contributed by atoms with E-state index in [1.807, 2.05) is 30.3 Å². The van der Waals surface area contributed by atoms with E-state index in [0.29, 0.717) is 24.0 Å². The zero-order chi connectivity index (χ0) is 20.4. The van der Waals surface area contributed by atoms with Crippen LogP contribution in [0.15, 0.2) is 53.6 Å². The van der Waals surface area contributed by atoms with Crippen LogP contribution in [0, 0.1) is 6.92 Å². The summed E-state index contributed by atoms with van der Waals surface area (Å²) in [5, 5.41) is 7.22. The second-order valence-electron chi connectivity index (χ2n) is 8.24. The monoisotopic (exact) mass is 409 g/mol. The van der Waals surface area contributed by atoms with Crippen molar-refractivity contribution in [2.75, 3.05) is 13.1 Å². The molecule has 2 aromatic carbocycles. The molecule has 0 bridgehead atoms. The van der Waals surface area contributed by atoms with Crippen LogP contribution in [0.1, 0.15) is 55.3 Å². The van der Waals surface area contributed by atoms with E-state index in [-0.39, 0.29) is 11.9 Å². The number of amides is 1. The van der Waals surface area contributed by atoms with Crippen LogP contribution in [0.5, 0.6) is 0 Å². The second kappa shape index (κ2) is 8.68. The maximum absolute atomic E-state index is 13.3. The molecule has 1 fully saturated rings. The topological polar surface area (TPSA) is 35.9 Å². The molecule has 1 amide bonds. The van der Waals surface area contributed by atoms with E-state index in [1.54, 1.807) is 5.01 Å². The fourth-order valence-corrected chi connectivity index (χ4v) is 4.45. The summed E-state index contributed by atoms with van der Waals surface area (Å²) >= 11 is 6.09. The van der Waals surface area contributed by atoms with Gasteiger partial charge >= 0.3 is 0 Å². The molecule has 4 rings (SSSR count). The smallest absolute Gasteiger partial charge is 0.257 e. The maximum atomic E-state index is 13.3. The van der Waals surface area contributed by atoms with Gasteiger partial charge in [0.05, 0.1) is 18.3 Å². The van der Waals surface area contributed by atoms with Crippen LogP contribution in [0.4, 0.5) is 0 Å². The highest BCUT2D eigenvalue weighted by Gasteiger charge is 2.34. The fourth-order valence-electron chi connectivity index (χ4n) is 4.32. The first-order chi connectivity index (χ1) is 14.0. The predicted molar refractivity (Wildman–Crippen MR) is 118 cm³/mol. The molecule has 2 atom stereocenters. The quantitative estimate of drug-likeness (QED) is 0.695. The van der Waals surface area contributed by atoms with Crippen molar-refractivity contribution in [2.24, 2.45) is 5.10 Å². The molecule has 0 spiro atoms. The van der Waals surface area contributed by atoms with E-state index in [4.69, 9.17) is 16.7 Å². The Morgan fingerprint density at radius 1 is 1.17 bits per heavy atom. The largest absolute Gasteiger partial charge is 0.292 e. The number of hydrogen-bond donors (Lipinski definition) is 0. The third-order valence-electron chi connectivity index (χ3n) is 6.05. The van der Waals surface area contributed by atoms with Crippen molar-refractivity contribution in [3.8, 4) is 0 Å². The Hall–Kier alpha value is -2.17. The van der Waals surface area contributed by atoms with Crippen molar-refractivity contribution in [2.45, 2.75) is 51.6 Å². The van der Waals surface area contributed by atoms with Gasteiger partial charge in [-0.1, -0.05) is 60.0 Å². The summed E-state index contributed by atoms with van der Waals surface area (Å²) in [5.74, 6) is 0.0707. The highest BCUT2D eigenvalue weighted by Crippen LogP contribution is 2.34. The van der Waals surface area contributed by atoms with E-state index in [1.165, 1.54) is 12.0 Å². The van der Waals surface area contributed by atoms with Crippen LogP contribution in [-0.2, 0) is 4.79 Å². The van der Waals surface area contributed by atoms with Crippen LogP contribution >= 0.6 is 11.6 Å². The molecular formula is C24H28ClN3O. The third kappa shape index (κ3) is 4.54. The Morgan fingerprint density at radius 3 is 2.69 bits per heavy atom. The minimum absolute atomic E-state index is 0.0707. The maximum Gasteiger partial charge on any atom is 0.257 e. The van der Waals surface area contributed by atoms with Gasteiger partial charge in [0.1, 0.15) is 0 Å². The van der Waals surface area contributed by atoms with Crippen LogP contribution in [0.2, 0.25) is 5.02 Å². The molecule has 2 heterocycles. The summed E-state index contributed by atoms with van der Waals surface area (Å²) in [7, 11) is 0. The average molecular weight is 410 g/mol. The Morgan fingerprint density at radius 2 is 1.97 bits per heavy atom. The normalized spacial score (nSPS) is 22.6. The SMILES string of the molecule is Cc1cccc(C2=NN(C(=O)CN3CCCC[C@H]3C)[C@@H](c3ccc(Cl)cc3)C2)c1. The Kier molecular flexibility index (Phi) is 6.02. The minimum atomic E-state index is -0.0876. The van der Waals surface area contributed by atoms with Gasteiger partial charge in [0, 0.05) is 17.5 Å². The van der Waals surface area contributed by atoms with E-state index in [9.17, 15) is 4.79 Å². The molecule has 2 aromatic rings. The highest BCUT2D eigenvalue weighted by molar-refractivity contribution is 6.30. The van der Waals surface area contributed by atoms with Gasteiger partial charge in [0.25, 0.3) is 5.91 Å². The first-order valence-electron chi connectivity index (χ1n) is 10.5. The number of benzene rings is 2. The lowest BCUT2D eigenvalue weighted by Gasteiger charge is -2.34. The van der Waals surface area contributed by atoms with E-state index in [2.05, 4.69) is 36.9 Å². The van der Waals surface area contributed by atoms with Crippen molar-refractivity contribution in [1.29, 1.82) is 0 Å². The van der Waals surface area contributed by atoms with Gasteiger partial charge in [-0.05, 0) is 56.5 Å². The Balaban J connectivity index is 1.61. The fraction of sp³-hybridized carbons (Fsp3) is 0.417. The summed E-state index contributed by atoms with van der Waals surface area (Å²) in [4.78, 5) is 15.6. The van der Waals surface area contributed by atoms with Gasteiger partial charge in [0.2, 0.25) is 0 Å². The minimum Gasteiger partial charge on any atom is -0.292 e. The lowest BCUT2D eigenvalue weighted by molar-refractivity contribution is -0.135. The zero-order valence-electron chi connectivity index (χ0n) is 17.1. The summed E-state index contributed by atoms with van der Waals surface area (Å²) < 4.78 is 0. The van der Waals surface area contributed by atoms with Crippen molar-refractivity contribution in [3.63, 3.8) is 0 Å². The third-order valence-corrected chi connectivity index (χ3v) is 6.30. The summed E-state index contributed by atoms with van der Waals surface area (Å²) in [6.07, 6.45) is 4.28. The van der Waals surface area contributed by atoms with Gasteiger partial charge in [-0.15, -0.1) is 0 Å². The summed E-state index contributed by atoms with van der Waals surface area (Å²) in [5.41, 5.74) is 4.32. The lowest BCUT2D eigenvalue weighted by atomic mass is 9.97. The van der Waals surface area contributed by atoms with E-state index < -0.39 is 0 Å². The molecule has 5 heteroatoms. The summed E-state index contributed by atoms with van der Waals surface area (Å²) in [6, 6.07) is 16.5. The molecule has 0 unspecified atom stereocenters. The number of carbonyl (C=O) groups is 1. The molecule has 2 aliphatic heterocycles. The summed E-state index contributed by atoms with van der Waals surface area (Å²) in [6.45, 7) is 5.71. The highest BCUT2D eigenvalue weighted by atomic mass is 35.5. The molecule has 152 valence electrons. The van der Waals surface area contributed by atoms with Gasteiger partial charge in [-0.25, -0.2) is 5.01 Å². The van der Waals surface area contributed by atoms with Crippen LogP contribution < -0.4 is 0 Å². The number of hydrazone groups is 1. The second-order valence-corrected chi connectivity index (χ2v) is 8.68. The molecular weight excluding hydrogens is 382 g/mol. The number of nitrogens with zero attached hydrogens (tertiary/aromatic N) is 3. The number of hydrogen-bond acceptors (Lipinski definition) is 3. The first kappa shape index (κ1) is 20.1. The van der Waals surface area contributed by atoms with Crippen LogP contribution in [0.3, 0.4) is 0 Å². The number of rotatable bonds is 4. The standard InChI is InChI=1S/C24H28ClN3O/c1-17-6-5-8-20(14-17)22-15-23(19-9-11-21(25)12-10-19)28(26-22)24(29)16-27-13-4-3-7-18(27)2/h5-6,8-12,14,18,23H,3-4,7,13,15-16H2,1-2H3/t18-,23-/m1/s1. The molecule has 0 aromatic heterocycles. The van der Waals surface area contributed by atoms with Crippen molar-refractivity contribution in [1.82, 2.24) is 9.91 Å². The van der Waals surface area contributed by atoms with Gasteiger partial charge in [-0.3, -0.25) is 9.69 Å². The van der Waals surface area contributed by atoms with E-state index in [0.717, 1.165) is 36.2 Å². The number of piperidine rings is 1. The molecule has 0 saturated carbocycles. The van der Waals surface area contributed by atoms with Crippen molar-refractivity contribution < 1.29 is 4.79 Å². The number of likely N-dealkylation sites (tertiary alicyclic amines) is 1. The van der Waals surface area contributed by atoms with Crippen molar-refractivity contribution >= 4 is 23.2 Å². The number of halogens is 1. The molecule has 0 aliphatic carbocycles. The van der Waals surface area contributed by atoms with Gasteiger partial charge in [0.15, 0.2) is 0 Å². The predicted octanol–water partition coefficient (Wildman–Crippen LogP) is 5.20. The molecule has 2 aliphatic rings. The lowest BCUT2D eigenvalue weighted by Crippen LogP contribution is -2.44. The van der Waals surface area contributed by atoms with Crippen molar-refractivity contribution in [3.05, 3.63) is 70.2 Å². The van der Waals surface area contributed by atoms with Gasteiger partial charge in [-0.2, -0.15) is 5.10 Å². The van der Waals surface area contributed by atoms with Crippen LogP contribution in [-0.4, -0.2) is 40.7 Å². The molecule has 4 nitrogen and oxygen atoms in total. The molecule has 1 saturated heterocycles.